The Kier molecular flexibility index (Phi) is 5.95. The molecule has 1 rings (SSSR count). The first-order valence-electron chi connectivity index (χ1n) is 5.00. The van der Waals surface area contributed by atoms with Crippen LogP contribution in [0.4, 0.5) is 0 Å². The maximum atomic E-state index is 11.9. The Hall–Kier alpha value is 0.0800. The predicted octanol–water partition coefficient (Wildman–Crippen LogP) is -0.593. The smallest absolute Gasteiger partial charge is 0.279 e. The van der Waals surface area contributed by atoms with Gasteiger partial charge in [-0.2, -0.15) is 17.4 Å². The average Bonchev–Trinajstić information content (AvgIpc) is 2.29. The highest BCUT2D eigenvalue weighted by Crippen LogP contribution is 2.04. The van der Waals surface area contributed by atoms with Crippen LogP contribution in [0.5, 0.6) is 0 Å². The fraction of sp³-hybridized carbons (Fsp3) is 1.00. The summed E-state index contributed by atoms with van der Waals surface area (Å²) >= 11 is 5.64. The summed E-state index contributed by atoms with van der Waals surface area (Å²) in [5.41, 5.74) is 0. The summed E-state index contributed by atoms with van der Waals surface area (Å²) in [6.45, 7) is 1.86. The van der Waals surface area contributed by atoms with Gasteiger partial charge in [-0.25, -0.2) is 0 Å². The summed E-state index contributed by atoms with van der Waals surface area (Å²) in [6.07, 6.45) is 0. The van der Waals surface area contributed by atoms with E-state index < -0.39 is 16.3 Å². The molecule has 1 fully saturated rings. The van der Waals surface area contributed by atoms with Crippen molar-refractivity contribution in [1.82, 2.24) is 9.03 Å². The number of hydrogen-bond donors (Lipinski definition) is 1. The van der Waals surface area contributed by atoms with Gasteiger partial charge in [0.25, 0.3) is 10.2 Å². The van der Waals surface area contributed by atoms with Gasteiger partial charge in [0, 0.05) is 26.1 Å². The van der Waals surface area contributed by atoms with Gasteiger partial charge >= 0.3 is 0 Å². The molecule has 0 aromatic heterocycles. The van der Waals surface area contributed by atoms with Crippen molar-refractivity contribution in [2.45, 2.75) is 6.04 Å². The number of alkyl halides is 1. The van der Waals surface area contributed by atoms with Gasteiger partial charge in [0.1, 0.15) is 0 Å². The van der Waals surface area contributed by atoms with Crippen LogP contribution in [0.15, 0.2) is 0 Å². The Balaban J connectivity index is 2.54. The fourth-order valence-corrected chi connectivity index (χ4v) is 2.99. The van der Waals surface area contributed by atoms with Crippen LogP contribution in [-0.2, 0) is 19.7 Å². The van der Waals surface area contributed by atoms with Crippen molar-refractivity contribution in [3.05, 3.63) is 0 Å². The van der Waals surface area contributed by atoms with Gasteiger partial charge in [0.05, 0.1) is 25.9 Å². The molecule has 0 aromatic rings. The molecule has 1 N–H and O–H groups in total. The molecule has 0 spiro atoms. The maximum Gasteiger partial charge on any atom is 0.279 e. The van der Waals surface area contributed by atoms with Gasteiger partial charge in [0.2, 0.25) is 0 Å². The van der Waals surface area contributed by atoms with Crippen LogP contribution < -0.4 is 4.72 Å². The predicted molar refractivity (Wildman–Crippen MR) is 60.8 cm³/mol. The highest BCUT2D eigenvalue weighted by molar-refractivity contribution is 7.87. The summed E-state index contributed by atoms with van der Waals surface area (Å²) in [7, 11) is -1.98. The van der Waals surface area contributed by atoms with Crippen molar-refractivity contribution in [3.63, 3.8) is 0 Å². The largest absolute Gasteiger partial charge is 0.383 e. The van der Waals surface area contributed by atoms with E-state index in [0.29, 0.717) is 26.3 Å². The molecule has 0 saturated carbocycles. The lowest BCUT2D eigenvalue weighted by atomic mass is 10.4. The average molecular weight is 273 g/mol. The number of rotatable bonds is 6. The van der Waals surface area contributed by atoms with Crippen LogP contribution in [0.2, 0.25) is 0 Å². The molecule has 0 bridgehead atoms. The van der Waals surface area contributed by atoms with E-state index in [4.69, 9.17) is 21.1 Å². The van der Waals surface area contributed by atoms with E-state index in [1.165, 1.54) is 11.4 Å². The van der Waals surface area contributed by atoms with E-state index in [0.717, 1.165) is 0 Å². The Morgan fingerprint density at radius 2 is 2.12 bits per heavy atom. The van der Waals surface area contributed by atoms with Gasteiger partial charge in [-0.05, 0) is 0 Å². The summed E-state index contributed by atoms with van der Waals surface area (Å²) in [5.74, 6) is 0.178. The fourth-order valence-electron chi connectivity index (χ4n) is 1.38. The maximum absolute atomic E-state index is 11.9. The van der Waals surface area contributed by atoms with Crippen LogP contribution in [-0.4, -0.2) is 64.7 Å². The lowest BCUT2D eigenvalue weighted by molar-refractivity contribution is 0.0720. The van der Waals surface area contributed by atoms with Crippen molar-refractivity contribution < 1.29 is 17.9 Å². The highest BCUT2D eigenvalue weighted by Gasteiger charge is 2.26. The Morgan fingerprint density at radius 3 is 2.62 bits per heavy atom. The monoisotopic (exact) mass is 272 g/mol. The minimum Gasteiger partial charge on any atom is -0.383 e. The number of nitrogens with zero attached hydrogens (tertiary/aromatic N) is 1. The minimum atomic E-state index is -3.48. The first kappa shape index (κ1) is 14.1. The standard InChI is InChI=1S/C8H17ClN2O4S/c1-14-7-8(6-9)10-16(12,13)11-2-4-15-5-3-11/h8,10H,2-7H2,1H3. The van der Waals surface area contributed by atoms with Crippen molar-refractivity contribution in [3.8, 4) is 0 Å². The summed E-state index contributed by atoms with van der Waals surface area (Å²) in [5, 5.41) is 0. The Labute approximate surface area is 101 Å². The van der Waals surface area contributed by atoms with E-state index in [9.17, 15) is 8.42 Å². The van der Waals surface area contributed by atoms with Crippen LogP contribution >= 0.6 is 11.6 Å². The third kappa shape index (κ3) is 4.15. The highest BCUT2D eigenvalue weighted by atomic mass is 35.5. The van der Waals surface area contributed by atoms with Crippen LogP contribution in [0.3, 0.4) is 0 Å². The molecule has 1 aliphatic rings. The molecular formula is C8H17ClN2O4S. The molecule has 8 heteroatoms. The molecule has 1 atom stereocenters. The van der Waals surface area contributed by atoms with Crippen molar-refractivity contribution in [2.75, 3.05) is 45.9 Å². The topological polar surface area (TPSA) is 67.9 Å². The zero-order valence-electron chi connectivity index (χ0n) is 9.19. The molecule has 0 radical (unpaired) electrons. The summed E-state index contributed by atoms with van der Waals surface area (Å²) in [6, 6.07) is -0.403. The molecule has 0 aliphatic carbocycles. The molecule has 1 saturated heterocycles. The van der Waals surface area contributed by atoms with Gasteiger partial charge in [-0.1, -0.05) is 0 Å². The Bertz CT molecular complexity index is 292. The van der Waals surface area contributed by atoms with E-state index >= 15 is 0 Å². The second kappa shape index (κ2) is 6.73. The SMILES string of the molecule is COCC(CCl)NS(=O)(=O)N1CCOCC1. The number of halogens is 1. The van der Waals surface area contributed by atoms with Crippen molar-refractivity contribution in [1.29, 1.82) is 0 Å². The summed E-state index contributed by atoms with van der Waals surface area (Å²) in [4.78, 5) is 0. The molecule has 16 heavy (non-hydrogen) atoms. The van der Waals surface area contributed by atoms with Crippen molar-refractivity contribution >= 4 is 21.8 Å². The quantitative estimate of drug-likeness (QED) is 0.656. The second-order valence-electron chi connectivity index (χ2n) is 3.44. The van der Waals surface area contributed by atoms with Crippen LogP contribution in [0, 0.1) is 0 Å². The third-order valence-corrected chi connectivity index (χ3v) is 4.23. The van der Waals surface area contributed by atoms with E-state index in [-0.39, 0.29) is 12.5 Å². The lowest BCUT2D eigenvalue weighted by Gasteiger charge is -2.27. The van der Waals surface area contributed by atoms with E-state index in [1.807, 2.05) is 0 Å². The number of hydrogen-bond acceptors (Lipinski definition) is 4. The third-order valence-electron chi connectivity index (χ3n) is 2.18. The molecule has 0 amide bonds. The molecule has 1 unspecified atom stereocenters. The second-order valence-corrected chi connectivity index (χ2v) is 5.45. The molecular weight excluding hydrogens is 256 g/mol. The number of morpholine rings is 1. The minimum absolute atomic E-state index is 0.178. The van der Waals surface area contributed by atoms with E-state index in [2.05, 4.69) is 4.72 Å². The molecule has 6 nitrogen and oxygen atoms in total. The van der Waals surface area contributed by atoms with Crippen molar-refractivity contribution in [2.24, 2.45) is 0 Å². The molecule has 0 aromatic carbocycles. The number of methoxy groups -OCH3 is 1. The number of ether oxygens (including phenoxy) is 2. The summed E-state index contributed by atoms with van der Waals surface area (Å²) < 4.78 is 37.6. The molecule has 1 heterocycles. The van der Waals surface area contributed by atoms with Gasteiger partial charge in [-0.15, -0.1) is 11.6 Å². The first-order chi connectivity index (χ1) is 7.60. The van der Waals surface area contributed by atoms with E-state index in [1.54, 1.807) is 0 Å². The van der Waals surface area contributed by atoms with Crippen LogP contribution in [0.25, 0.3) is 0 Å². The van der Waals surface area contributed by atoms with Crippen LogP contribution in [0.1, 0.15) is 0 Å². The Morgan fingerprint density at radius 1 is 1.50 bits per heavy atom. The lowest BCUT2D eigenvalue weighted by Crippen LogP contribution is -2.51. The zero-order chi connectivity index (χ0) is 12.0. The molecule has 96 valence electrons. The first-order valence-corrected chi connectivity index (χ1v) is 6.97. The zero-order valence-corrected chi connectivity index (χ0v) is 10.8. The normalized spacial score (nSPS) is 20.9. The number of nitrogens with one attached hydrogen (secondary N) is 1. The van der Waals surface area contributed by atoms with Gasteiger partial charge in [-0.3, -0.25) is 0 Å². The molecule has 1 aliphatic heterocycles. The van der Waals surface area contributed by atoms with Gasteiger partial charge < -0.3 is 9.47 Å². The van der Waals surface area contributed by atoms with Gasteiger partial charge in [0.15, 0.2) is 0 Å².